The molecule has 2 aliphatic rings. The van der Waals surface area contributed by atoms with E-state index in [1.54, 1.807) is 11.8 Å². The van der Waals surface area contributed by atoms with E-state index in [0.717, 1.165) is 12.8 Å². The van der Waals surface area contributed by atoms with Gasteiger partial charge in [0.15, 0.2) is 0 Å². The summed E-state index contributed by atoms with van der Waals surface area (Å²) in [6, 6.07) is -0.272. The molecule has 2 fully saturated rings. The normalized spacial score (nSPS) is 28.8. The molecule has 0 aromatic heterocycles. The Labute approximate surface area is 114 Å². The zero-order valence-electron chi connectivity index (χ0n) is 11.9. The van der Waals surface area contributed by atoms with Crippen LogP contribution in [0.15, 0.2) is 0 Å². The average molecular weight is 269 g/mol. The number of ether oxygens (including phenoxy) is 2. The van der Waals surface area contributed by atoms with E-state index in [9.17, 15) is 9.59 Å². The summed E-state index contributed by atoms with van der Waals surface area (Å²) in [5.41, 5.74) is 0. The first kappa shape index (κ1) is 14.2. The molecule has 1 aliphatic carbocycles. The number of carbonyl (C=O) groups is 2. The minimum absolute atomic E-state index is 0.183. The summed E-state index contributed by atoms with van der Waals surface area (Å²) >= 11 is 0. The summed E-state index contributed by atoms with van der Waals surface area (Å²) in [6.45, 7) is 6.50. The zero-order valence-corrected chi connectivity index (χ0v) is 11.9. The molecule has 5 heteroatoms. The van der Waals surface area contributed by atoms with Gasteiger partial charge in [-0.3, -0.25) is 4.90 Å². The van der Waals surface area contributed by atoms with Crippen LogP contribution in [0, 0.1) is 11.8 Å². The second-order valence-electron chi connectivity index (χ2n) is 5.79. The molecular formula is C14H23NO4. The Kier molecular flexibility index (Phi) is 4.32. The van der Waals surface area contributed by atoms with Crippen molar-refractivity contribution in [3.8, 4) is 0 Å². The maximum Gasteiger partial charge on any atom is 0.410 e. The van der Waals surface area contributed by atoms with Crippen LogP contribution in [0.2, 0.25) is 0 Å². The van der Waals surface area contributed by atoms with Crippen LogP contribution in [0.25, 0.3) is 0 Å². The highest BCUT2D eigenvalue weighted by molar-refractivity contribution is 5.82. The van der Waals surface area contributed by atoms with Crippen LogP contribution in [0.1, 0.15) is 40.0 Å². The molecule has 1 aliphatic heterocycles. The van der Waals surface area contributed by atoms with Crippen molar-refractivity contribution < 1.29 is 19.1 Å². The van der Waals surface area contributed by atoms with Crippen LogP contribution in [-0.4, -0.2) is 42.3 Å². The highest BCUT2D eigenvalue weighted by Crippen LogP contribution is 2.45. The summed E-state index contributed by atoms with van der Waals surface area (Å²) in [5.74, 6) is 0.552. The second kappa shape index (κ2) is 5.80. The van der Waals surface area contributed by atoms with Crippen molar-refractivity contribution in [2.75, 3.05) is 13.2 Å². The third kappa shape index (κ3) is 3.19. The van der Waals surface area contributed by atoms with Gasteiger partial charge in [-0.15, -0.1) is 0 Å². The largest absolute Gasteiger partial charge is 0.464 e. The highest BCUT2D eigenvalue weighted by Gasteiger charge is 2.53. The summed E-state index contributed by atoms with van der Waals surface area (Å²) in [6.07, 6.45) is 2.32. The van der Waals surface area contributed by atoms with E-state index in [1.165, 1.54) is 0 Å². The molecule has 0 aromatic rings. The lowest BCUT2D eigenvalue weighted by atomic mass is 10.0. The van der Waals surface area contributed by atoms with E-state index < -0.39 is 6.04 Å². The first-order valence-corrected chi connectivity index (χ1v) is 7.16. The number of hydrogen-bond acceptors (Lipinski definition) is 4. The molecule has 108 valence electrons. The molecule has 1 saturated carbocycles. The number of nitrogens with zero attached hydrogens (tertiary/aromatic N) is 1. The van der Waals surface area contributed by atoms with Gasteiger partial charge in [-0.05, 0) is 38.0 Å². The second-order valence-corrected chi connectivity index (χ2v) is 5.79. The van der Waals surface area contributed by atoms with Crippen molar-refractivity contribution in [1.29, 1.82) is 0 Å². The number of esters is 1. The molecular weight excluding hydrogens is 246 g/mol. The van der Waals surface area contributed by atoms with E-state index in [2.05, 4.69) is 0 Å². The smallest absolute Gasteiger partial charge is 0.410 e. The minimum Gasteiger partial charge on any atom is -0.464 e. The van der Waals surface area contributed by atoms with Gasteiger partial charge in [-0.1, -0.05) is 13.8 Å². The van der Waals surface area contributed by atoms with Crippen molar-refractivity contribution >= 4 is 12.1 Å². The molecule has 1 saturated heterocycles. The fourth-order valence-corrected chi connectivity index (χ4v) is 2.67. The lowest BCUT2D eigenvalue weighted by Gasteiger charge is -2.33. The van der Waals surface area contributed by atoms with E-state index in [0.29, 0.717) is 31.5 Å². The first-order chi connectivity index (χ1) is 9.04. The molecule has 0 N–H and O–H groups in total. The summed E-state index contributed by atoms with van der Waals surface area (Å²) in [4.78, 5) is 25.7. The zero-order chi connectivity index (χ0) is 14.0. The van der Waals surface area contributed by atoms with Crippen molar-refractivity contribution in [1.82, 2.24) is 4.90 Å². The molecule has 5 nitrogen and oxygen atoms in total. The Morgan fingerprint density at radius 2 is 2.00 bits per heavy atom. The molecule has 2 rings (SSSR count). The average Bonchev–Trinajstić information content (AvgIpc) is 3.13. The number of piperidine rings is 1. The van der Waals surface area contributed by atoms with E-state index in [-0.39, 0.29) is 18.1 Å². The lowest BCUT2D eigenvalue weighted by molar-refractivity contribution is -0.150. The topological polar surface area (TPSA) is 55.8 Å². The summed E-state index contributed by atoms with van der Waals surface area (Å²) < 4.78 is 10.3. The molecule has 1 heterocycles. The van der Waals surface area contributed by atoms with Gasteiger partial charge in [0.05, 0.1) is 13.2 Å². The van der Waals surface area contributed by atoms with Crippen molar-refractivity contribution in [2.45, 2.75) is 52.1 Å². The Morgan fingerprint density at radius 3 is 2.63 bits per heavy atom. The molecule has 3 unspecified atom stereocenters. The van der Waals surface area contributed by atoms with Gasteiger partial charge in [0, 0.05) is 6.04 Å². The minimum atomic E-state index is -0.455. The standard InChI is InChI=1S/C14H23NO4/c1-4-18-13(16)11-6-5-10-7-12(10)15(11)14(17)19-8-9(2)3/h9-12H,4-8H2,1-3H3. The highest BCUT2D eigenvalue weighted by atomic mass is 16.6. The van der Waals surface area contributed by atoms with Gasteiger partial charge in [0.1, 0.15) is 6.04 Å². The SMILES string of the molecule is CCOC(=O)C1CCC2CC2N1C(=O)OCC(C)C. The fourth-order valence-electron chi connectivity index (χ4n) is 2.67. The van der Waals surface area contributed by atoms with Crippen LogP contribution < -0.4 is 0 Å². The monoisotopic (exact) mass is 269 g/mol. The predicted molar refractivity (Wildman–Crippen MR) is 69.6 cm³/mol. The molecule has 1 amide bonds. The number of hydrogen-bond donors (Lipinski definition) is 0. The van der Waals surface area contributed by atoms with Crippen LogP contribution in [0.3, 0.4) is 0 Å². The Hall–Kier alpha value is -1.26. The maximum absolute atomic E-state index is 12.2. The molecule has 0 bridgehead atoms. The van der Waals surface area contributed by atoms with Crippen LogP contribution in [-0.2, 0) is 14.3 Å². The molecule has 0 aromatic carbocycles. The first-order valence-electron chi connectivity index (χ1n) is 7.16. The number of rotatable bonds is 4. The fraction of sp³-hybridized carbons (Fsp3) is 0.857. The van der Waals surface area contributed by atoms with Crippen molar-refractivity contribution in [3.63, 3.8) is 0 Å². The molecule has 0 radical (unpaired) electrons. The quantitative estimate of drug-likeness (QED) is 0.734. The Balaban J connectivity index is 2.00. The van der Waals surface area contributed by atoms with Gasteiger partial charge in [-0.25, -0.2) is 9.59 Å². The third-order valence-electron chi connectivity index (χ3n) is 3.70. The number of likely N-dealkylation sites (tertiary alicyclic amines) is 1. The Morgan fingerprint density at radius 1 is 1.26 bits per heavy atom. The van der Waals surface area contributed by atoms with E-state index in [4.69, 9.17) is 9.47 Å². The number of carbonyl (C=O) groups excluding carboxylic acids is 2. The van der Waals surface area contributed by atoms with Gasteiger partial charge >= 0.3 is 12.1 Å². The van der Waals surface area contributed by atoms with Crippen LogP contribution >= 0.6 is 0 Å². The van der Waals surface area contributed by atoms with Gasteiger partial charge < -0.3 is 9.47 Å². The summed E-state index contributed by atoms with van der Waals surface area (Å²) in [7, 11) is 0. The van der Waals surface area contributed by atoms with Gasteiger partial charge in [0.2, 0.25) is 0 Å². The van der Waals surface area contributed by atoms with Crippen molar-refractivity contribution in [2.24, 2.45) is 11.8 Å². The van der Waals surface area contributed by atoms with E-state index in [1.807, 2.05) is 13.8 Å². The van der Waals surface area contributed by atoms with Gasteiger partial charge in [0.25, 0.3) is 0 Å². The maximum atomic E-state index is 12.2. The molecule has 3 atom stereocenters. The van der Waals surface area contributed by atoms with Crippen molar-refractivity contribution in [3.05, 3.63) is 0 Å². The predicted octanol–water partition coefficient (Wildman–Crippen LogP) is 2.20. The van der Waals surface area contributed by atoms with Crippen LogP contribution in [0.4, 0.5) is 4.79 Å². The van der Waals surface area contributed by atoms with Gasteiger partial charge in [-0.2, -0.15) is 0 Å². The van der Waals surface area contributed by atoms with Crippen LogP contribution in [0.5, 0.6) is 0 Å². The molecule has 19 heavy (non-hydrogen) atoms. The lowest BCUT2D eigenvalue weighted by Crippen LogP contribution is -2.50. The number of fused-ring (bicyclic) bond motifs is 1. The summed E-state index contributed by atoms with van der Waals surface area (Å²) in [5, 5.41) is 0. The van der Waals surface area contributed by atoms with E-state index >= 15 is 0 Å². The Bertz CT molecular complexity index is 355. The third-order valence-corrected chi connectivity index (χ3v) is 3.70. The molecule has 0 spiro atoms. The number of amides is 1.